The number of morpholine rings is 1. The van der Waals surface area contributed by atoms with Gasteiger partial charge in [-0.05, 0) is 36.8 Å². The Morgan fingerprint density at radius 3 is 2.68 bits per heavy atom. The summed E-state index contributed by atoms with van der Waals surface area (Å²) in [6, 6.07) is 6.20. The maximum absolute atomic E-state index is 12.9. The summed E-state index contributed by atoms with van der Waals surface area (Å²) in [5.41, 5.74) is 4.42. The van der Waals surface area contributed by atoms with E-state index in [1.54, 1.807) is 12.1 Å². The lowest BCUT2D eigenvalue weighted by atomic mass is 10.1. The molecule has 22 heavy (non-hydrogen) atoms. The van der Waals surface area contributed by atoms with Gasteiger partial charge in [0.2, 0.25) is 0 Å². The lowest BCUT2D eigenvalue weighted by molar-refractivity contribution is -0.906. The van der Waals surface area contributed by atoms with E-state index in [2.05, 4.69) is 15.8 Å². The second-order valence-corrected chi connectivity index (χ2v) is 5.59. The molecule has 0 atom stereocenters. The summed E-state index contributed by atoms with van der Waals surface area (Å²) in [6.45, 7) is 7.41. The van der Waals surface area contributed by atoms with Crippen molar-refractivity contribution in [2.24, 2.45) is 5.10 Å². The summed E-state index contributed by atoms with van der Waals surface area (Å²) in [7, 11) is 0. The van der Waals surface area contributed by atoms with E-state index in [1.807, 2.05) is 6.92 Å². The van der Waals surface area contributed by atoms with Gasteiger partial charge in [-0.25, -0.2) is 4.39 Å². The highest BCUT2D eigenvalue weighted by Gasteiger charge is 2.12. The first-order valence-corrected chi connectivity index (χ1v) is 7.81. The molecule has 0 unspecified atom stereocenters. The highest BCUT2D eigenvalue weighted by molar-refractivity contribution is 7.80. The van der Waals surface area contributed by atoms with Crippen molar-refractivity contribution >= 4 is 23.0 Å². The summed E-state index contributed by atoms with van der Waals surface area (Å²) in [6.07, 6.45) is 0. The van der Waals surface area contributed by atoms with Gasteiger partial charge in [0.1, 0.15) is 18.9 Å². The highest BCUT2D eigenvalue weighted by atomic mass is 32.1. The van der Waals surface area contributed by atoms with E-state index < -0.39 is 0 Å². The van der Waals surface area contributed by atoms with Crippen LogP contribution in [0.15, 0.2) is 29.4 Å². The second kappa shape index (κ2) is 8.77. The van der Waals surface area contributed by atoms with Gasteiger partial charge in [0, 0.05) is 0 Å². The van der Waals surface area contributed by atoms with Crippen molar-refractivity contribution in [3.63, 3.8) is 0 Å². The van der Waals surface area contributed by atoms with Gasteiger partial charge >= 0.3 is 0 Å². The molecule has 1 aliphatic heterocycles. The fraction of sp³-hybridized carbons (Fsp3) is 0.467. The Hall–Kier alpha value is -1.57. The van der Waals surface area contributed by atoms with E-state index in [0.29, 0.717) is 5.11 Å². The average Bonchev–Trinajstić information content (AvgIpc) is 2.54. The zero-order valence-corrected chi connectivity index (χ0v) is 13.5. The van der Waals surface area contributed by atoms with Crippen molar-refractivity contribution in [2.45, 2.75) is 6.92 Å². The van der Waals surface area contributed by atoms with Crippen molar-refractivity contribution in [1.29, 1.82) is 0 Å². The third-order valence-electron chi connectivity index (χ3n) is 3.55. The number of quaternary nitrogens is 1. The van der Waals surface area contributed by atoms with E-state index in [0.717, 1.165) is 50.7 Å². The fourth-order valence-corrected chi connectivity index (χ4v) is 2.34. The maximum Gasteiger partial charge on any atom is 0.187 e. The molecule has 0 aromatic heterocycles. The van der Waals surface area contributed by atoms with Crippen molar-refractivity contribution in [3.8, 4) is 0 Å². The number of hydrogen-bond donors (Lipinski definition) is 3. The molecule has 1 fully saturated rings. The molecule has 3 N–H and O–H groups in total. The van der Waals surface area contributed by atoms with Crippen LogP contribution in [-0.4, -0.2) is 50.2 Å². The standard InChI is InChI=1S/C15H21FN4OS/c1-12(13-2-4-14(16)5-3-13)18-19-15(22)17-6-7-20-8-10-21-11-9-20/h2-5H,6-11H2,1H3,(H2,17,19,22)/p+1/b18-12-. The van der Waals surface area contributed by atoms with Crippen LogP contribution in [0.25, 0.3) is 0 Å². The smallest absolute Gasteiger partial charge is 0.187 e. The first-order chi connectivity index (χ1) is 10.6. The molecule has 0 bridgehead atoms. The van der Waals surface area contributed by atoms with Crippen molar-refractivity contribution in [1.82, 2.24) is 10.7 Å². The number of rotatable bonds is 5. The van der Waals surface area contributed by atoms with Gasteiger partial charge in [-0.2, -0.15) is 5.10 Å². The highest BCUT2D eigenvalue weighted by Crippen LogP contribution is 2.03. The number of hydrazone groups is 1. The molecule has 5 nitrogen and oxygen atoms in total. The molecule has 7 heteroatoms. The largest absolute Gasteiger partial charge is 0.370 e. The number of hydrogen-bond acceptors (Lipinski definition) is 3. The summed E-state index contributed by atoms with van der Waals surface area (Å²) >= 11 is 5.19. The number of nitrogens with one attached hydrogen (secondary N) is 3. The SMILES string of the molecule is C/C(=N/NC(=S)NCC[NH+]1CCOCC1)c1ccc(F)cc1. The Labute approximate surface area is 135 Å². The van der Waals surface area contributed by atoms with E-state index in [1.165, 1.54) is 17.0 Å². The lowest BCUT2D eigenvalue weighted by Gasteiger charge is -2.23. The molecule has 0 spiro atoms. The van der Waals surface area contributed by atoms with Crippen LogP contribution in [0.4, 0.5) is 4.39 Å². The van der Waals surface area contributed by atoms with Crippen molar-refractivity contribution in [2.75, 3.05) is 39.4 Å². The van der Waals surface area contributed by atoms with Crippen LogP contribution in [0.1, 0.15) is 12.5 Å². The van der Waals surface area contributed by atoms with Crippen LogP contribution in [0.3, 0.4) is 0 Å². The molecule has 0 saturated carbocycles. The predicted octanol–water partition coefficient (Wildman–Crippen LogP) is -0.0711. The van der Waals surface area contributed by atoms with Crippen molar-refractivity contribution < 1.29 is 14.0 Å². The molecular weight excluding hydrogens is 303 g/mol. The lowest BCUT2D eigenvalue weighted by Crippen LogP contribution is -3.14. The Kier molecular flexibility index (Phi) is 6.70. The monoisotopic (exact) mass is 325 g/mol. The topological polar surface area (TPSA) is 50.1 Å². The van der Waals surface area contributed by atoms with E-state index in [-0.39, 0.29) is 5.82 Å². The molecule has 1 aliphatic rings. The summed E-state index contributed by atoms with van der Waals surface area (Å²) in [5, 5.41) is 7.84. The molecule has 1 heterocycles. The van der Waals surface area contributed by atoms with Gasteiger partial charge in [-0.15, -0.1) is 0 Å². The zero-order chi connectivity index (χ0) is 15.8. The first kappa shape index (κ1) is 16.8. The molecule has 1 saturated heterocycles. The van der Waals surface area contributed by atoms with Crippen LogP contribution in [-0.2, 0) is 4.74 Å². The minimum absolute atomic E-state index is 0.257. The summed E-state index contributed by atoms with van der Waals surface area (Å²) < 4.78 is 18.2. The maximum atomic E-state index is 12.9. The molecule has 0 amide bonds. The van der Waals surface area contributed by atoms with E-state index in [4.69, 9.17) is 17.0 Å². The molecule has 0 radical (unpaired) electrons. The Morgan fingerprint density at radius 2 is 2.00 bits per heavy atom. The molecule has 1 aromatic rings. The third-order valence-corrected chi connectivity index (χ3v) is 3.79. The zero-order valence-electron chi connectivity index (χ0n) is 12.7. The number of ether oxygens (including phenoxy) is 1. The van der Waals surface area contributed by atoms with Gasteiger partial charge < -0.3 is 15.0 Å². The van der Waals surface area contributed by atoms with Crippen LogP contribution >= 0.6 is 12.2 Å². The molecule has 0 aliphatic carbocycles. The Bertz CT molecular complexity index is 515. The Morgan fingerprint density at radius 1 is 1.32 bits per heavy atom. The van der Waals surface area contributed by atoms with Gasteiger partial charge in [0.25, 0.3) is 0 Å². The minimum Gasteiger partial charge on any atom is -0.370 e. The summed E-state index contributed by atoms with van der Waals surface area (Å²) in [5.74, 6) is -0.257. The van der Waals surface area contributed by atoms with Crippen LogP contribution in [0.2, 0.25) is 0 Å². The molecule has 120 valence electrons. The fourth-order valence-electron chi connectivity index (χ4n) is 2.19. The van der Waals surface area contributed by atoms with Crippen molar-refractivity contribution in [3.05, 3.63) is 35.6 Å². The van der Waals surface area contributed by atoms with Crippen LogP contribution in [0, 0.1) is 5.82 Å². The molecular formula is C15H22FN4OS+. The second-order valence-electron chi connectivity index (χ2n) is 5.18. The number of halogens is 1. The van der Waals surface area contributed by atoms with Gasteiger partial charge in [0.05, 0.1) is 32.0 Å². The summed E-state index contributed by atoms with van der Waals surface area (Å²) in [4.78, 5) is 1.52. The quantitative estimate of drug-likeness (QED) is 0.403. The number of thiocarbonyl (C=S) groups is 1. The van der Waals surface area contributed by atoms with Crippen LogP contribution in [0.5, 0.6) is 0 Å². The molecule has 2 rings (SSSR count). The molecule has 1 aromatic carbocycles. The van der Waals surface area contributed by atoms with E-state index >= 15 is 0 Å². The third kappa shape index (κ3) is 5.67. The predicted molar refractivity (Wildman–Crippen MR) is 88.7 cm³/mol. The first-order valence-electron chi connectivity index (χ1n) is 7.40. The average molecular weight is 325 g/mol. The normalized spacial score (nSPS) is 16.4. The van der Waals surface area contributed by atoms with Gasteiger partial charge in [-0.3, -0.25) is 5.43 Å². The number of benzene rings is 1. The number of nitrogens with zero attached hydrogens (tertiary/aromatic N) is 1. The minimum atomic E-state index is -0.257. The van der Waals surface area contributed by atoms with Gasteiger partial charge in [0.15, 0.2) is 5.11 Å². The Balaban J connectivity index is 1.69. The van der Waals surface area contributed by atoms with Gasteiger partial charge in [-0.1, -0.05) is 12.1 Å². The van der Waals surface area contributed by atoms with Crippen LogP contribution < -0.4 is 15.6 Å². The van der Waals surface area contributed by atoms with E-state index in [9.17, 15) is 4.39 Å².